The molecule has 11 heteroatoms. The van der Waals surface area contributed by atoms with Crippen molar-refractivity contribution in [2.45, 2.75) is 32.9 Å². The number of carbonyl (C=O) groups excluding carboxylic acids is 2. The highest BCUT2D eigenvalue weighted by Crippen LogP contribution is 2.25. The number of nitrogens with zero attached hydrogens (tertiary/aromatic N) is 2. The Kier molecular flexibility index (Phi) is 10.0. The highest BCUT2D eigenvalue weighted by molar-refractivity contribution is 9.10. The van der Waals surface area contributed by atoms with Crippen LogP contribution in [0, 0.1) is 0 Å². The van der Waals surface area contributed by atoms with Crippen molar-refractivity contribution in [2.24, 2.45) is 0 Å². The summed E-state index contributed by atoms with van der Waals surface area (Å²) in [6, 6.07) is 10.6. The molecule has 2 rings (SSSR count). The largest absolute Gasteiger partial charge is 0.354 e. The van der Waals surface area contributed by atoms with Gasteiger partial charge in [-0.25, -0.2) is 8.42 Å². The number of amides is 2. The lowest BCUT2D eigenvalue weighted by Gasteiger charge is -2.31. The standard InChI is InChI=1S/C22H26BrCl2N3O4S/c1-4-11-26-22(30)15(2)27(13-16-5-8-18(24)12-20(16)25)21(29)14-28(33(3,31)32)19-9-6-17(23)7-10-19/h5-10,12,15H,4,11,13-14H2,1-3H3,(H,26,30)/t15-/m0/s1. The molecular weight excluding hydrogens is 553 g/mol. The molecular formula is C22H26BrCl2N3O4S. The van der Waals surface area contributed by atoms with E-state index < -0.39 is 28.5 Å². The normalized spacial score (nSPS) is 12.2. The molecule has 0 fully saturated rings. The number of rotatable bonds is 10. The molecule has 0 aliphatic carbocycles. The number of halogens is 3. The van der Waals surface area contributed by atoms with E-state index >= 15 is 0 Å². The van der Waals surface area contributed by atoms with Crippen LogP contribution < -0.4 is 9.62 Å². The Labute approximate surface area is 213 Å². The highest BCUT2D eigenvalue weighted by Gasteiger charge is 2.30. The van der Waals surface area contributed by atoms with Gasteiger partial charge in [-0.15, -0.1) is 0 Å². The zero-order chi connectivity index (χ0) is 24.8. The minimum absolute atomic E-state index is 0.00743. The Morgan fingerprint density at radius 1 is 1.12 bits per heavy atom. The van der Waals surface area contributed by atoms with Crippen molar-refractivity contribution in [3.05, 3.63) is 62.5 Å². The molecule has 0 unspecified atom stereocenters. The van der Waals surface area contributed by atoms with Gasteiger partial charge in [0.15, 0.2) is 0 Å². The van der Waals surface area contributed by atoms with E-state index in [0.717, 1.165) is 21.5 Å². The van der Waals surface area contributed by atoms with Crippen molar-refractivity contribution in [2.75, 3.05) is 23.7 Å². The van der Waals surface area contributed by atoms with Gasteiger partial charge in [0.2, 0.25) is 21.8 Å². The first-order chi connectivity index (χ1) is 15.4. The number of benzene rings is 2. The van der Waals surface area contributed by atoms with Crippen molar-refractivity contribution < 1.29 is 18.0 Å². The first-order valence-electron chi connectivity index (χ1n) is 10.2. The summed E-state index contributed by atoms with van der Waals surface area (Å²) < 4.78 is 26.8. The number of carbonyl (C=O) groups is 2. The van der Waals surface area contributed by atoms with Gasteiger partial charge in [0.25, 0.3) is 0 Å². The molecule has 2 amide bonds. The third-order valence-electron chi connectivity index (χ3n) is 4.87. The van der Waals surface area contributed by atoms with Gasteiger partial charge >= 0.3 is 0 Å². The van der Waals surface area contributed by atoms with Crippen LogP contribution in [0.2, 0.25) is 10.0 Å². The maximum absolute atomic E-state index is 13.4. The lowest BCUT2D eigenvalue weighted by Crippen LogP contribution is -2.51. The van der Waals surface area contributed by atoms with E-state index in [1.54, 1.807) is 49.4 Å². The lowest BCUT2D eigenvalue weighted by atomic mass is 10.1. The molecule has 0 saturated heterocycles. The summed E-state index contributed by atoms with van der Waals surface area (Å²) in [6.07, 6.45) is 1.76. The van der Waals surface area contributed by atoms with Crippen LogP contribution in [0.15, 0.2) is 46.9 Å². The van der Waals surface area contributed by atoms with Gasteiger partial charge in [-0.1, -0.05) is 52.1 Å². The predicted molar refractivity (Wildman–Crippen MR) is 136 cm³/mol. The molecule has 1 N–H and O–H groups in total. The summed E-state index contributed by atoms with van der Waals surface area (Å²) in [5, 5.41) is 3.56. The quantitative estimate of drug-likeness (QED) is 0.451. The maximum Gasteiger partial charge on any atom is 0.244 e. The monoisotopic (exact) mass is 577 g/mol. The van der Waals surface area contributed by atoms with E-state index in [9.17, 15) is 18.0 Å². The van der Waals surface area contributed by atoms with Crippen molar-refractivity contribution in [1.82, 2.24) is 10.2 Å². The topological polar surface area (TPSA) is 86.8 Å². The number of nitrogens with one attached hydrogen (secondary N) is 1. The van der Waals surface area contributed by atoms with Gasteiger partial charge in [0, 0.05) is 27.6 Å². The van der Waals surface area contributed by atoms with Gasteiger partial charge in [-0.2, -0.15) is 0 Å². The number of hydrogen-bond acceptors (Lipinski definition) is 4. The Morgan fingerprint density at radius 3 is 2.30 bits per heavy atom. The number of hydrogen-bond donors (Lipinski definition) is 1. The molecule has 0 saturated carbocycles. The fourth-order valence-electron chi connectivity index (χ4n) is 3.03. The lowest BCUT2D eigenvalue weighted by molar-refractivity contribution is -0.139. The average molecular weight is 579 g/mol. The first kappa shape index (κ1) is 27.4. The average Bonchev–Trinajstić information content (AvgIpc) is 2.74. The van der Waals surface area contributed by atoms with E-state index in [-0.39, 0.29) is 12.5 Å². The Balaban J connectivity index is 2.39. The molecule has 0 aliphatic heterocycles. The Morgan fingerprint density at radius 2 is 1.76 bits per heavy atom. The molecule has 0 radical (unpaired) electrons. The third-order valence-corrected chi connectivity index (χ3v) is 7.12. The van der Waals surface area contributed by atoms with E-state index in [1.165, 1.54) is 4.90 Å². The zero-order valence-electron chi connectivity index (χ0n) is 18.5. The minimum atomic E-state index is -3.78. The van der Waals surface area contributed by atoms with Gasteiger partial charge in [0.05, 0.1) is 11.9 Å². The van der Waals surface area contributed by atoms with Gasteiger partial charge in [0.1, 0.15) is 12.6 Å². The number of anilines is 1. The van der Waals surface area contributed by atoms with Crippen LogP contribution in [0.1, 0.15) is 25.8 Å². The molecule has 0 spiro atoms. The van der Waals surface area contributed by atoms with Crippen LogP contribution >= 0.6 is 39.1 Å². The molecule has 1 atom stereocenters. The number of sulfonamides is 1. The maximum atomic E-state index is 13.4. The van der Waals surface area contributed by atoms with Crippen LogP contribution in [0.3, 0.4) is 0 Å². The fraction of sp³-hybridized carbons (Fsp3) is 0.364. The smallest absolute Gasteiger partial charge is 0.244 e. The van der Waals surface area contributed by atoms with Crippen molar-refractivity contribution >= 4 is 66.7 Å². The molecule has 2 aromatic carbocycles. The summed E-state index contributed by atoms with van der Waals surface area (Å²) in [4.78, 5) is 27.4. The van der Waals surface area contributed by atoms with E-state index in [0.29, 0.717) is 27.8 Å². The summed E-state index contributed by atoms with van der Waals surface area (Å²) in [6.45, 7) is 3.51. The zero-order valence-corrected chi connectivity index (χ0v) is 22.4. The Bertz CT molecular complexity index is 1100. The molecule has 7 nitrogen and oxygen atoms in total. The SMILES string of the molecule is CCCNC(=O)[C@H](C)N(Cc1ccc(Cl)cc1Cl)C(=O)CN(c1ccc(Br)cc1)S(C)(=O)=O. The van der Waals surface area contributed by atoms with Gasteiger partial charge in [-0.3, -0.25) is 13.9 Å². The van der Waals surface area contributed by atoms with Crippen LogP contribution in [0.25, 0.3) is 0 Å². The molecule has 0 aromatic heterocycles. The van der Waals surface area contributed by atoms with Crippen LogP contribution in [0.5, 0.6) is 0 Å². The molecule has 33 heavy (non-hydrogen) atoms. The molecule has 2 aromatic rings. The second kappa shape index (κ2) is 12.1. The molecule has 0 heterocycles. The second-order valence-electron chi connectivity index (χ2n) is 7.47. The van der Waals surface area contributed by atoms with Gasteiger partial charge in [-0.05, 0) is 55.3 Å². The van der Waals surface area contributed by atoms with Crippen LogP contribution in [-0.2, 0) is 26.2 Å². The third kappa shape index (κ3) is 7.88. The van der Waals surface area contributed by atoms with Crippen molar-refractivity contribution in [3.8, 4) is 0 Å². The van der Waals surface area contributed by atoms with E-state index in [1.807, 2.05) is 6.92 Å². The van der Waals surface area contributed by atoms with Crippen molar-refractivity contribution in [3.63, 3.8) is 0 Å². The minimum Gasteiger partial charge on any atom is -0.354 e. The van der Waals surface area contributed by atoms with E-state index in [2.05, 4.69) is 21.2 Å². The summed E-state index contributed by atoms with van der Waals surface area (Å²) >= 11 is 15.6. The first-order valence-corrected chi connectivity index (χ1v) is 13.6. The second-order valence-corrected chi connectivity index (χ2v) is 11.1. The summed E-state index contributed by atoms with van der Waals surface area (Å²) in [5.74, 6) is -0.890. The molecule has 0 bridgehead atoms. The predicted octanol–water partition coefficient (Wildman–Crippen LogP) is 4.47. The summed E-state index contributed by atoms with van der Waals surface area (Å²) in [7, 11) is -3.78. The van der Waals surface area contributed by atoms with Crippen LogP contribution in [-0.4, -0.2) is 50.5 Å². The highest BCUT2D eigenvalue weighted by atomic mass is 79.9. The van der Waals surface area contributed by atoms with Crippen LogP contribution in [0.4, 0.5) is 5.69 Å². The van der Waals surface area contributed by atoms with E-state index in [4.69, 9.17) is 23.2 Å². The summed E-state index contributed by atoms with van der Waals surface area (Å²) in [5.41, 5.74) is 0.917. The fourth-order valence-corrected chi connectivity index (χ4v) is 4.62. The molecule has 180 valence electrons. The molecule has 0 aliphatic rings. The van der Waals surface area contributed by atoms with Gasteiger partial charge < -0.3 is 10.2 Å². The Hall–Kier alpha value is -1.81. The van der Waals surface area contributed by atoms with Crippen molar-refractivity contribution in [1.29, 1.82) is 0 Å².